The third-order valence-electron chi connectivity index (χ3n) is 7.53. The number of phenolic OH excluding ortho intramolecular Hbond substituents is 2. The van der Waals surface area contributed by atoms with E-state index in [2.05, 4.69) is 4.98 Å². The van der Waals surface area contributed by atoms with Gasteiger partial charge in [-0.2, -0.15) is 13.2 Å². The summed E-state index contributed by atoms with van der Waals surface area (Å²) in [6.45, 7) is 1.01. The lowest BCUT2D eigenvalue weighted by Gasteiger charge is -2.31. The zero-order chi connectivity index (χ0) is 29.9. The van der Waals surface area contributed by atoms with Crippen molar-refractivity contribution in [1.82, 2.24) is 9.88 Å². The minimum absolute atomic E-state index is 0.0482. The number of piperidine rings is 1. The van der Waals surface area contributed by atoms with Crippen LogP contribution in [0.1, 0.15) is 68.6 Å². The van der Waals surface area contributed by atoms with Crippen molar-refractivity contribution in [3.8, 4) is 22.6 Å². The molecule has 10 heteroatoms. The van der Waals surface area contributed by atoms with Crippen LogP contribution >= 0.6 is 11.3 Å². The molecule has 0 spiro atoms. The number of ketones is 1. The number of thiazole rings is 1. The standard InChI is InChI=1S/C32H29F3N2O4S/c33-32(34,35)23-11-9-21(10-12-23)24-5-1-2-6-25(24)31(41)37-16-14-22(15-17-37)30-36-26(19-42-30)27(38)7-3-4-20-8-13-28(39)29(40)18-20/h1-2,5-6,8-13,18-19,22,39-40H,3-4,7,14-17H2. The molecule has 2 heterocycles. The quantitative estimate of drug-likeness (QED) is 0.163. The van der Waals surface area contributed by atoms with E-state index in [0.717, 1.165) is 22.7 Å². The number of carbonyl (C=O) groups is 2. The fourth-order valence-corrected chi connectivity index (χ4v) is 6.16. The second-order valence-corrected chi connectivity index (χ2v) is 11.2. The number of amides is 1. The Kier molecular flexibility index (Phi) is 8.63. The summed E-state index contributed by atoms with van der Waals surface area (Å²) < 4.78 is 39.0. The van der Waals surface area contributed by atoms with E-state index in [0.29, 0.717) is 67.6 Å². The number of aryl methyl sites for hydroxylation is 1. The van der Waals surface area contributed by atoms with Gasteiger partial charge in [-0.3, -0.25) is 9.59 Å². The third kappa shape index (κ3) is 6.65. The van der Waals surface area contributed by atoms with Gasteiger partial charge in [0, 0.05) is 36.4 Å². The Bertz CT molecular complexity index is 1580. The van der Waals surface area contributed by atoms with Gasteiger partial charge in [-0.1, -0.05) is 36.4 Å². The van der Waals surface area contributed by atoms with Gasteiger partial charge >= 0.3 is 6.18 Å². The Morgan fingerprint density at radius 1 is 0.952 bits per heavy atom. The maximum Gasteiger partial charge on any atom is 0.416 e. The van der Waals surface area contributed by atoms with Crippen molar-refractivity contribution in [2.75, 3.05) is 13.1 Å². The summed E-state index contributed by atoms with van der Waals surface area (Å²) in [5, 5.41) is 21.7. The SMILES string of the molecule is O=C(CCCc1ccc(O)c(O)c1)c1csc(C2CCN(C(=O)c3ccccc3-c3ccc(C(F)(F)F)cc3)CC2)n1. The number of rotatable bonds is 8. The molecule has 0 unspecified atom stereocenters. The molecule has 42 heavy (non-hydrogen) atoms. The molecule has 0 bridgehead atoms. The van der Waals surface area contributed by atoms with Crippen LogP contribution in [0, 0.1) is 0 Å². The highest BCUT2D eigenvalue weighted by Gasteiger charge is 2.31. The summed E-state index contributed by atoms with van der Waals surface area (Å²) in [4.78, 5) is 32.5. The maximum atomic E-state index is 13.5. The van der Waals surface area contributed by atoms with Gasteiger partial charge in [0.1, 0.15) is 5.69 Å². The molecule has 1 saturated heterocycles. The molecule has 1 aliphatic heterocycles. The molecular formula is C32H29F3N2O4S. The van der Waals surface area contributed by atoms with Crippen LogP contribution in [0.15, 0.2) is 72.1 Å². The molecule has 5 rings (SSSR count). The van der Waals surface area contributed by atoms with E-state index in [1.54, 1.807) is 40.6 Å². The first-order valence-corrected chi connectivity index (χ1v) is 14.5. The number of hydrogen-bond donors (Lipinski definition) is 2. The average Bonchev–Trinajstić information content (AvgIpc) is 3.49. The predicted molar refractivity (Wildman–Crippen MR) is 154 cm³/mol. The van der Waals surface area contributed by atoms with Gasteiger partial charge in [-0.15, -0.1) is 11.3 Å². The Balaban J connectivity index is 1.17. The molecule has 3 aromatic carbocycles. The number of aromatic hydroxyl groups is 2. The van der Waals surface area contributed by atoms with Crippen LogP contribution in [0.3, 0.4) is 0 Å². The second kappa shape index (κ2) is 12.4. The van der Waals surface area contributed by atoms with E-state index < -0.39 is 11.7 Å². The number of likely N-dealkylation sites (tertiary alicyclic amines) is 1. The van der Waals surface area contributed by atoms with Crippen molar-refractivity contribution in [2.24, 2.45) is 0 Å². The number of aromatic nitrogens is 1. The van der Waals surface area contributed by atoms with Crippen molar-refractivity contribution in [2.45, 2.75) is 44.2 Å². The molecular weight excluding hydrogens is 565 g/mol. The maximum absolute atomic E-state index is 13.5. The van der Waals surface area contributed by atoms with Crippen molar-refractivity contribution in [1.29, 1.82) is 0 Å². The molecule has 6 nitrogen and oxygen atoms in total. The van der Waals surface area contributed by atoms with Gasteiger partial charge in [0.2, 0.25) is 0 Å². The van der Waals surface area contributed by atoms with Crippen LogP contribution in [-0.4, -0.2) is 44.9 Å². The first kappa shape index (κ1) is 29.3. The minimum atomic E-state index is -4.43. The summed E-state index contributed by atoms with van der Waals surface area (Å²) in [5.74, 6) is -0.443. The molecule has 218 valence electrons. The lowest BCUT2D eigenvalue weighted by atomic mass is 9.94. The zero-order valence-corrected chi connectivity index (χ0v) is 23.4. The fraction of sp³-hybridized carbons (Fsp3) is 0.281. The van der Waals surface area contributed by atoms with Crippen LogP contribution in [0.5, 0.6) is 11.5 Å². The van der Waals surface area contributed by atoms with E-state index in [9.17, 15) is 33.0 Å². The van der Waals surface area contributed by atoms with Crippen LogP contribution in [0.4, 0.5) is 13.2 Å². The molecule has 1 fully saturated rings. The van der Waals surface area contributed by atoms with E-state index in [4.69, 9.17) is 0 Å². The highest BCUT2D eigenvalue weighted by atomic mass is 32.1. The van der Waals surface area contributed by atoms with Crippen molar-refractivity contribution < 1.29 is 33.0 Å². The number of alkyl halides is 3. The zero-order valence-electron chi connectivity index (χ0n) is 22.6. The summed E-state index contributed by atoms with van der Waals surface area (Å²) in [7, 11) is 0. The Hall–Kier alpha value is -4.18. The second-order valence-electron chi connectivity index (χ2n) is 10.4. The molecule has 4 aromatic rings. The van der Waals surface area contributed by atoms with Crippen molar-refractivity contribution in [3.63, 3.8) is 0 Å². The van der Waals surface area contributed by atoms with E-state index >= 15 is 0 Å². The minimum Gasteiger partial charge on any atom is -0.504 e. The monoisotopic (exact) mass is 594 g/mol. The molecule has 0 saturated carbocycles. The first-order chi connectivity index (χ1) is 20.1. The number of Topliss-reactive ketones (excluding diaryl/α,β-unsaturated/α-hetero) is 1. The van der Waals surface area contributed by atoms with Gasteiger partial charge in [0.25, 0.3) is 5.91 Å². The van der Waals surface area contributed by atoms with E-state index in [1.807, 2.05) is 0 Å². The molecule has 1 aromatic heterocycles. The average molecular weight is 595 g/mol. The van der Waals surface area contributed by atoms with Gasteiger partial charge in [-0.05, 0) is 72.7 Å². The molecule has 0 atom stereocenters. The van der Waals surface area contributed by atoms with Crippen LogP contribution < -0.4 is 0 Å². The van der Waals surface area contributed by atoms with Gasteiger partial charge in [-0.25, -0.2) is 4.98 Å². The molecule has 0 radical (unpaired) electrons. The number of carbonyl (C=O) groups excluding carboxylic acids is 2. The van der Waals surface area contributed by atoms with Gasteiger partial charge in [0.15, 0.2) is 17.3 Å². The molecule has 2 N–H and O–H groups in total. The van der Waals surface area contributed by atoms with Crippen LogP contribution in [-0.2, 0) is 12.6 Å². The lowest BCUT2D eigenvalue weighted by Crippen LogP contribution is -2.38. The topological polar surface area (TPSA) is 90.7 Å². The summed E-state index contributed by atoms with van der Waals surface area (Å²) in [6.07, 6.45) is -1.55. The normalized spacial score (nSPS) is 14.2. The first-order valence-electron chi connectivity index (χ1n) is 13.7. The van der Waals surface area contributed by atoms with Gasteiger partial charge < -0.3 is 15.1 Å². The number of hydrogen-bond acceptors (Lipinski definition) is 6. The van der Waals surface area contributed by atoms with E-state index in [1.165, 1.54) is 35.6 Å². The third-order valence-corrected chi connectivity index (χ3v) is 8.54. The van der Waals surface area contributed by atoms with Crippen molar-refractivity contribution >= 4 is 23.0 Å². The van der Waals surface area contributed by atoms with Crippen LogP contribution in [0.2, 0.25) is 0 Å². The van der Waals surface area contributed by atoms with E-state index in [-0.39, 0.29) is 29.1 Å². The largest absolute Gasteiger partial charge is 0.504 e. The van der Waals surface area contributed by atoms with Gasteiger partial charge in [0.05, 0.1) is 10.6 Å². The molecule has 1 aliphatic rings. The smallest absolute Gasteiger partial charge is 0.416 e. The molecule has 1 amide bonds. The fourth-order valence-electron chi connectivity index (χ4n) is 5.17. The summed E-state index contributed by atoms with van der Waals surface area (Å²) in [6, 6.07) is 16.4. The highest BCUT2D eigenvalue weighted by molar-refractivity contribution is 7.09. The molecule has 0 aliphatic carbocycles. The predicted octanol–water partition coefficient (Wildman–Crippen LogP) is 7.47. The van der Waals surface area contributed by atoms with Crippen LogP contribution in [0.25, 0.3) is 11.1 Å². The Morgan fingerprint density at radius 3 is 2.36 bits per heavy atom. The number of phenols is 2. The highest BCUT2D eigenvalue weighted by Crippen LogP contribution is 2.34. The summed E-state index contributed by atoms with van der Waals surface area (Å²) in [5.41, 5.74) is 2.11. The lowest BCUT2D eigenvalue weighted by molar-refractivity contribution is -0.137. The Morgan fingerprint density at radius 2 is 1.67 bits per heavy atom. The number of nitrogens with zero attached hydrogens (tertiary/aromatic N) is 2. The van der Waals surface area contributed by atoms with Crippen molar-refractivity contribution in [3.05, 3.63) is 99.5 Å². The Labute approximate surface area is 245 Å². The number of benzene rings is 3. The summed E-state index contributed by atoms with van der Waals surface area (Å²) >= 11 is 1.45. The number of halogens is 3.